The molecule has 0 aromatic carbocycles. The van der Waals surface area contributed by atoms with Gasteiger partial charge in [0.15, 0.2) is 0 Å². The fourth-order valence-corrected chi connectivity index (χ4v) is 6.46. The normalized spacial score (nSPS) is 20.9. The predicted octanol–water partition coefficient (Wildman–Crippen LogP) is 6.23. The number of hydrogen-bond acceptors (Lipinski definition) is 8. The Bertz CT molecular complexity index is 1320. The van der Waals surface area contributed by atoms with Gasteiger partial charge in [-0.15, -0.1) is 0 Å². The number of ether oxygens (including phenoxy) is 2. The van der Waals surface area contributed by atoms with E-state index in [2.05, 4.69) is 73.5 Å². The summed E-state index contributed by atoms with van der Waals surface area (Å²) in [5.41, 5.74) is 4.61. The summed E-state index contributed by atoms with van der Waals surface area (Å²) in [6.07, 6.45) is 20.1. The van der Waals surface area contributed by atoms with Crippen molar-refractivity contribution in [3.63, 3.8) is 0 Å². The molecule has 0 radical (unpaired) electrons. The summed E-state index contributed by atoms with van der Waals surface area (Å²) < 4.78 is 11.7. The molecule has 0 bridgehead atoms. The summed E-state index contributed by atoms with van der Waals surface area (Å²) >= 11 is 0. The van der Waals surface area contributed by atoms with Crippen molar-refractivity contribution in [3.8, 4) is 0 Å². The number of unbranched alkanes of at least 4 members (excludes halogenated alkanes) is 2. The maximum atomic E-state index is 12.9. The first-order valence-corrected chi connectivity index (χ1v) is 19.7. The SMILES string of the molecule is C=C(NC(=CC=NC1CN(C(=O)C2CCC2)C1)C(C)CC)C(=O)NC[C@H](O)CN1CCC(=C\C)/C(=C\C=C\OCC(OCC)C(=C)CCCCC)C1. The van der Waals surface area contributed by atoms with Gasteiger partial charge in [0.2, 0.25) is 5.91 Å². The second-order valence-corrected chi connectivity index (χ2v) is 14.4. The molecule has 3 rings (SSSR count). The van der Waals surface area contributed by atoms with Gasteiger partial charge in [-0.3, -0.25) is 19.5 Å². The van der Waals surface area contributed by atoms with E-state index in [-0.39, 0.29) is 48.0 Å². The Morgan fingerprint density at radius 1 is 1.13 bits per heavy atom. The van der Waals surface area contributed by atoms with Crippen molar-refractivity contribution in [2.24, 2.45) is 16.8 Å². The molecule has 0 aromatic rings. The van der Waals surface area contributed by atoms with Crippen molar-refractivity contribution < 1.29 is 24.2 Å². The van der Waals surface area contributed by atoms with Crippen LogP contribution in [-0.4, -0.2) is 104 Å². The monoisotopic (exact) mass is 722 g/mol. The van der Waals surface area contributed by atoms with Gasteiger partial charge >= 0.3 is 0 Å². The summed E-state index contributed by atoms with van der Waals surface area (Å²) in [5.74, 6) is 0.309. The topological polar surface area (TPSA) is 116 Å². The van der Waals surface area contributed by atoms with Crippen LogP contribution in [0.2, 0.25) is 0 Å². The molecule has 290 valence electrons. The lowest BCUT2D eigenvalue weighted by molar-refractivity contribution is -0.142. The highest BCUT2D eigenvalue weighted by molar-refractivity contribution is 5.92. The molecule has 2 heterocycles. The van der Waals surface area contributed by atoms with Crippen molar-refractivity contribution in [3.05, 3.63) is 71.8 Å². The number of hydrogen-bond donors (Lipinski definition) is 3. The number of aliphatic imine (C=N–C) groups is 1. The molecule has 2 aliphatic heterocycles. The third-order valence-corrected chi connectivity index (χ3v) is 10.4. The number of β-amino-alcohol motifs (C(OH)–C–C–N with tert-alkyl or cyclic N) is 1. The molecule has 3 aliphatic rings. The van der Waals surface area contributed by atoms with E-state index in [1.165, 1.54) is 24.0 Å². The standard InChI is InChI=1S/C42H67N5O5/c1-8-12-13-16-32(6)40(52-11-4)30-51-24-15-19-36-26-46(23-21-34(36)10-3)29-38(48)25-44-41(49)33(7)45-39(31(5)9-2)20-22-43-37-27-47(28-37)42(50)35-17-14-18-35/h10,15,19-20,22,24,31,35,37-38,40,45,48H,6-9,11-14,16-18,21,23,25-30H2,1-5H3,(H,44,49)/b24-15+,34-10+,36-19-,39-20?,43-22?/t31?,38-,40?/m0/s1. The number of nitrogens with zero attached hydrogens (tertiary/aromatic N) is 3. The van der Waals surface area contributed by atoms with Crippen LogP contribution in [0.5, 0.6) is 0 Å². The molecule has 2 amide bonds. The number of amides is 2. The van der Waals surface area contributed by atoms with Gasteiger partial charge < -0.3 is 30.1 Å². The van der Waals surface area contributed by atoms with Crippen molar-refractivity contribution in [2.75, 3.05) is 52.5 Å². The second-order valence-electron chi connectivity index (χ2n) is 14.4. The molecule has 2 saturated heterocycles. The molecule has 0 spiro atoms. The lowest BCUT2D eigenvalue weighted by atomic mass is 9.83. The van der Waals surface area contributed by atoms with Crippen molar-refractivity contribution in [2.45, 2.75) is 111 Å². The van der Waals surface area contributed by atoms with Crippen LogP contribution in [0, 0.1) is 11.8 Å². The molecule has 10 nitrogen and oxygen atoms in total. The van der Waals surface area contributed by atoms with E-state index in [1.54, 1.807) is 12.5 Å². The smallest absolute Gasteiger partial charge is 0.267 e. The fourth-order valence-electron chi connectivity index (χ4n) is 6.46. The highest BCUT2D eigenvalue weighted by atomic mass is 16.5. The van der Waals surface area contributed by atoms with Crippen LogP contribution in [0.3, 0.4) is 0 Å². The fraction of sp³-hybridized carbons (Fsp3) is 0.643. The minimum absolute atomic E-state index is 0.109. The summed E-state index contributed by atoms with van der Waals surface area (Å²) in [6.45, 7) is 23.1. The number of carbonyl (C=O) groups excluding carboxylic acids is 2. The number of rotatable bonds is 23. The van der Waals surface area contributed by atoms with Crippen molar-refractivity contribution in [1.82, 2.24) is 20.4 Å². The summed E-state index contributed by atoms with van der Waals surface area (Å²) in [4.78, 5) is 34.1. The molecule has 10 heteroatoms. The van der Waals surface area contributed by atoms with Gasteiger partial charge in [0.25, 0.3) is 5.91 Å². The molecule has 3 atom stereocenters. The zero-order chi connectivity index (χ0) is 37.9. The molecule has 3 fully saturated rings. The first-order chi connectivity index (χ1) is 25.1. The van der Waals surface area contributed by atoms with Crippen LogP contribution in [0.15, 0.2) is 76.8 Å². The number of likely N-dealkylation sites (tertiary alicyclic amines) is 2. The first-order valence-electron chi connectivity index (χ1n) is 19.7. The van der Waals surface area contributed by atoms with Gasteiger partial charge in [0.05, 0.1) is 24.1 Å². The molecule has 2 unspecified atom stereocenters. The van der Waals surface area contributed by atoms with Gasteiger partial charge in [-0.1, -0.05) is 65.3 Å². The molecule has 3 N–H and O–H groups in total. The number of carbonyl (C=O) groups is 2. The van der Waals surface area contributed by atoms with Crippen LogP contribution in [-0.2, 0) is 19.1 Å². The van der Waals surface area contributed by atoms with E-state index in [0.29, 0.717) is 39.4 Å². The Morgan fingerprint density at radius 2 is 1.90 bits per heavy atom. The largest absolute Gasteiger partial charge is 0.498 e. The van der Waals surface area contributed by atoms with Crippen LogP contribution < -0.4 is 10.6 Å². The third-order valence-electron chi connectivity index (χ3n) is 10.4. The van der Waals surface area contributed by atoms with E-state index >= 15 is 0 Å². The quantitative estimate of drug-likeness (QED) is 0.0377. The van der Waals surface area contributed by atoms with Crippen LogP contribution in [0.1, 0.15) is 92.4 Å². The average Bonchev–Trinajstić information content (AvgIpc) is 3.09. The number of aliphatic hydroxyl groups excluding tert-OH is 1. The van der Waals surface area contributed by atoms with Gasteiger partial charge in [-0.25, -0.2) is 0 Å². The van der Waals surface area contributed by atoms with Crippen molar-refractivity contribution >= 4 is 18.0 Å². The Kier molecular flexibility index (Phi) is 19.2. The van der Waals surface area contributed by atoms with E-state index in [9.17, 15) is 14.7 Å². The van der Waals surface area contributed by atoms with E-state index in [4.69, 9.17) is 9.47 Å². The third kappa shape index (κ3) is 14.2. The predicted molar refractivity (Wildman–Crippen MR) is 212 cm³/mol. The molecular weight excluding hydrogens is 654 g/mol. The number of allylic oxidation sites excluding steroid dienone is 5. The maximum Gasteiger partial charge on any atom is 0.267 e. The molecule has 0 aromatic heterocycles. The van der Waals surface area contributed by atoms with E-state index < -0.39 is 6.10 Å². The number of nitrogens with one attached hydrogen (secondary N) is 2. The Morgan fingerprint density at radius 3 is 2.56 bits per heavy atom. The van der Waals surface area contributed by atoms with Gasteiger partial charge in [-0.2, -0.15) is 0 Å². The molecule has 52 heavy (non-hydrogen) atoms. The lowest BCUT2D eigenvalue weighted by Crippen LogP contribution is -2.55. The van der Waals surface area contributed by atoms with Crippen LogP contribution in [0.4, 0.5) is 0 Å². The minimum atomic E-state index is -0.736. The summed E-state index contributed by atoms with van der Waals surface area (Å²) in [6, 6.07) is 0.114. The Balaban J connectivity index is 1.43. The highest BCUT2D eigenvalue weighted by Crippen LogP contribution is 2.30. The van der Waals surface area contributed by atoms with Gasteiger partial charge in [0, 0.05) is 63.7 Å². The lowest BCUT2D eigenvalue weighted by Gasteiger charge is -2.40. The minimum Gasteiger partial charge on any atom is -0.498 e. The first kappa shape index (κ1) is 42.9. The Labute approximate surface area is 313 Å². The zero-order valence-electron chi connectivity index (χ0n) is 32.7. The zero-order valence-corrected chi connectivity index (χ0v) is 32.7. The summed E-state index contributed by atoms with van der Waals surface area (Å²) in [5, 5.41) is 16.9. The van der Waals surface area contributed by atoms with E-state index in [1.807, 2.05) is 24.0 Å². The summed E-state index contributed by atoms with van der Waals surface area (Å²) in [7, 11) is 0. The number of piperidine rings is 1. The molecule has 1 aliphatic carbocycles. The van der Waals surface area contributed by atoms with Gasteiger partial charge in [0.1, 0.15) is 12.7 Å². The Hall–Kier alpha value is -3.47. The maximum absolute atomic E-state index is 12.9. The average molecular weight is 722 g/mol. The molecule has 1 saturated carbocycles. The highest BCUT2D eigenvalue weighted by Gasteiger charge is 2.36. The number of aliphatic hydroxyl groups is 1. The van der Waals surface area contributed by atoms with E-state index in [0.717, 1.165) is 62.8 Å². The van der Waals surface area contributed by atoms with Crippen LogP contribution >= 0.6 is 0 Å². The van der Waals surface area contributed by atoms with Crippen LogP contribution in [0.25, 0.3) is 0 Å². The molecular formula is C42H67N5O5. The second kappa shape index (κ2) is 23.2. The van der Waals surface area contributed by atoms with Crippen molar-refractivity contribution in [1.29, 1.82) is 0 Å². The van der Waals surface area contributed by atoms with Gasteiger partial charge in [-0.05, 0) is 87.2 Å².